The molecule has 4 heteroatoms. The third kappa shape index (κ3) is 3.03. The van der Waals surface area contributed by atoms with Gasteiger partial charge in [-0.25, -0.2) is 4.39 Å². The standard InChI is InChI=1S/C13H18FN3/c1-16(2)10-11-3-4-13(12(14)9-11)17-7-5-15-6-8-17/h3-5,9H,6-8,10H2,1-2H3. The van der Waals surface area contributed by atoms with Crippen molar-refractivity contribution in [1.82, 2.24) is 4.90 Å². The van der Waals surface area contributed by atoms with Gasteiger partial charge in [-0.15, -0.1) is 0 Å². The quantitative estimate of drug-likeness (QED) is 0.795. The monoisotopic (exact) mass is 235 g/mol. The van der Waals surface area contributed by atoms with Gasteiger partial charge in [0.25, 0.3) is 0 Å². The molecule has 0 amide bonds. The van der Waals surface area contributed by atoms with Gasteiger partial charge in [-0.2, -0.15) is 0 Å². The highest BCUT2D eigenvalue weighted by molar-refractivity contribution is 5.68. The van der Waals surface area contributed by atoms with E-state index in [-0.39, 0.29) is 5.82 Å². The third-order valence-electron chi connectivity index (χ3n) is 2.78. The maximum atomic E-state index is 14.0. The summed E-state index contributed by atoms with van der Waals surface area (Å²) in [5.41, 5.74) is 1.68. The maximum absolute atomic E-state index is 14.0. The highest BCUT2D eigenvalue weighted by atomic mass is 19.1. The molecule has 1 aliphatic heterocycles. The molecule has 0 radical (unpaired) electrons. The van der Waals surface area contributed by atoms with Gasteiger partial charge in [0.1, 0.15) is 5.82 Å². The first-order chi connectivity index (χ1) is 8.16. The van der Waals surface area contributed by atoms with Crippen LogP contribution in [-0.4, -0.2) is 44.8 Å². The van der Waals surface area contributed by atoms with Gasteiger partial charge in [-0.1, -0.05) is 6.07 Å². The summed E-state index contributed by atoms with van der Waals surface area (Å²) < 4.78 is 14.0. The minimum absolute atomic E-state index is 0.139. The van der Waals surface area contributed by atoms with Crippen LogP contribution >= 0.6 is 0 Å². The molecule has 1 aliphatic rings. The van der Waals surface area contributed by atoms with Gasteiger partial charge in [0.15, 0.2) is 0 Å². The molecule has 2 rings (SSSR count). The number of benzene rings is 1. The van der Waals surface area contributed by atoms with Crippen LogP contribution in [0.5, 0.6) is 0 Å². The van der Waals surface area contributed by atoms with E-state index < -0.39 is 0 Å². The van der Waals surface area contributed by atoms with Crippen molar-refractivity contribution >= 4 is 11.9 Å². The van der Waals surface area contributed by atoms with Crippen LogP contribution < -0.4 is 4.90 Å². The fourth-order valence-corrected chi connectivity index (χ4v) is 2.01. The van der Waals surface area contributed by atoms with E-state index in [0.29, 0.717) is 12.2 Å². The fraction of sp³-hybridized carbons (Fsp3) is 0.462. The number of hydrogen-bond acceptors (Lipinski definition) is 3. The molecule has 92 valence electrons. The smallest absolute Gasteiger partial charge is 0.146 e. The van der Waals surface area contributed by atoms with Crippen LogP contribution in [0.3, 0.4) is 0 Å². The lowest BCUT2D eigenvalue weighted by atomic mass is 10.1. The summed E-state index contributed by atoms with van der Waals surface area (Å²) in [5, 5.41) is 0. The summed E-state index contributed by atoms with van der Waals surface area (Å²) >= 11 is 0. The van der Waals surface area contributed by atoms with Crippen molar-refractivity contribution in [3.63, 3.8) is 0 Å². The predicted octanol–water partition coefficient (Wildman–Crippen LogP) is 1.78. The van der Waals surface area contributed by atoms with Gasteiger partial charge in [0.05, 0.1) is 18.8 Å². The molecule has 0 N–H and O–H groups in total. The van der Waals surface area contributed by atoms with Gasteiger partial charge < -0.3 is 9.80 Å². The second-order valence-electron chi connectivity index (χ2n) is 4.56. The molecule has 0 saturated carbocycles. The summed E-state index contributed by atoms with van der Waals surface area (Å²) in [5.74, 6) is -0.139. The highest BCUT2D eigenvalue weighted by Gasteiger charge is 2.13. The molecule has 1 aromatic rings. The van der Waals surface area contributed by atoms with Gasteiger partial charge in [-0.05, 0) is 31.8 Å². The van der Waals surface area contributed by atoms with Crippen LogP contribution in [-0.2, 0) is 6.54 Å². The molecule has 0 atom stereocenters. The van der Waals surface area contributed by atoms with E-state index in [1.165, 1.54) is 0 Å². The summed E-state index contributed by atoms with van der Waals surface area (Å²) in [7, 11) is 3.96. The molecule has 0 fully saturated rings. The van der Waals surface area contributed by atoms with E-state index in [4.69, 9.17) is 0 Å². The lowest BCUT2D eigenvalue weighted by Crippen LogP contribution is -2.32. The van der Waals surface area contributed by atoms with Crippen molar-refractivity contribution in [2.24, 2.45) is 4.99 Å². The highest BCUT2D eigenvalue weighted by Crippen LogP contribution is 2.21. The van der Waals surface area contributed by atoms with Crippen molar-refractivity contribution in [1.29, 1.82) is 0 Å². The van der Waals surface area contributed by atoms with Crippen molar-refractivity contribution in [2.75, 3.05) is 38.6 Å². The zero-order chi connectivity index (χ0) is 12.3. The van der Waals surface area contributed by atoms with Gasteiger partial charge in [0, 0.05) is 19.3 Å². The first kappa shape index (κ1) is 12.0. The molecule has 0 unspecified atom stereocenters. The Hall–Kier alpha value is -1.42. The zero-order valence-electron chi connectivity index (χ0n) is 10.4. The van der Waals surface area contributed by atoms with Crippen LogP contribution in [0.4, 0.5) is 10.1 Å². The molecule has 0 spiro atoms. The Bertz CT molecular complexity index is 415. The van der Waals surface area contributed by atoms with Crippen LogP contribution in [0, 0.1) is 5.82 Å². The minimum Gasteiger partial charge on any atom is -0.362 e. The second-order valence-corrected chi connectivity index (χ2v) is 4.56. The number of hydrogen-bond donors (Lipinski definition) is 0. The van der Waals surface area contributed by atoms with Crippen LogP contribution in [0.2, 0.25) is 0 Å². The molecule has 0 aliphatic carbocycles. The molecule has 0 bridgehead atoms. The Morgan fingerprint density at radius 3 is 2.82 bits per heavy atom. The first-order valence-electron chi connectivity index (χ1n) is 5.83. The topological polar surface area (TPSA) is 18.8 Å². The molecule has 17 heavy (non-hydrogen) atoms. The number of nitrogens with zero attached hydrogens (tertiary/aromatic N) is 3. The predicted molar refractivity (Wildman–Crippen MR) is 69.4 cm³/mol. The molecule has 0 aromatic heterocycles. The Morgan fingerprint density at radius 1 is 1.41 bits per heavy atom. The lowest BCUT2D eigenvalue weighted by Gasteiger charge is -2.25. The Balaban J connectivity index is 2.16. The molecule has 3 nitrogen and oxygen atoms in total. The van der Waals surface area contributed by atoms with E-state index in [0.717, 1.165) is 25.2 Å². The van der Waals surface area contributed by atoms with Crippen LogP contribution in [0.15, 0.2) is 23.2 Å². The Labute approximate surface area is 102 Å². The Kier molecular flexibility index (Phi) is 3.74. The van der Waals surface area contributed by atoms with E-state index in [2.05, 4.69) is 4.99 Å². The molecule has 1 heterocycles. The fourth-order valence-electron chi connectivity index (χ4n) is 2.01. The third-order valence-corrected chi connectivity index (χ3v) is 2.78. The number of rotatable bonds is 3. The Morgan fingerprint density at radius 2 is 2.24 bits per heavy atom. The van der Waals surface area contributed by atoms with Crippen molar-refractivity contribution < 1.29 is 4.39 Å². The summed E-state index contributed by atoms with van der Waals surface area (Å²) in [6.07, 6.45) is 1.84. The summed E-state index contributed by atoms with van der Waals surface area (Å²) in [6, 6.07) is 5.48. The molecule has 0 saturated heterocycles. The number of anilines is 1. The minimum atomic E-state index is -0.139. The van der Waals surface area contributed by atoms with Gasteiger partial charge in [0.2, 0.25) is 0 Å². The number of halogens is 1. The summed E-state index contributed by atoms with van der Waals surface area (Å²) in [6.45, 7) is 3.00. The van der Waals surface area contributed by atoms with Crippen molar-refractivity contribution in [2.45, 2.75) is 6.54 Å². The first-order valence-corrected chi connectivity index (χ1v) is 5.83. The zero-order valence-corrected chi connectivity index (χ0v) is 10.4. The van der Waals surface area contributed by atoms with Crippen molar-refractivity contribution in [3.8, 4) is 0 Å². The van der Waals surface area contributed by atoms with E-state index in [1.807, 2.05) is 42.2 Å². The maximum Gasteiger partial charge on any atom is 0.146 e. The van der Waals surface area contributed by atoms with E-state index in [1.54, 1.807) is 6.07 Å². The van der Waals surface area contributed by atoms with Gasteiger partial charge >= 0.3 is 0 Å². The molecular weight excluding hydrogens is 217 g/mol. The lowest BCUT2D eigenvalue weighted by molar-refractivity contribution is 0.401. The SMILES string of the molecule is CN(C)Cc1ccc(N2CC=NCC2)c(F)c1. The van der Waals surface area contributed by atoms with Crippen LogP contribution in [0.25, 0.3) is 0 Å². The summed E-state index contributed by atoms with van der Waals surface area (Å²) in [4.78, 5) is 8.19. The normalized spacial score (nSPS) is 15.6. The van der Waals surface area contributed by atoms with Gasteiger partial charge in [-0.3, -0.25) is 4.99 Å². The average Bonchev–Trinajstić information content (AvgIpc) is 2.29. The number of aliphatic imine (C=N–C) groups is 1. The second kappa shape index (κ2) is 5.27. The molecular formula is C13H18FN3. The molecule has 1 aromatic carbocycles. The largest absolute Gasteiger partial charge is 0.362 e. The van der Waals surface area contributed by atoms with E-state index in [9.17, 15) is 4.39 Å². The average molecular weight is 235 g/mol. The van der Waals surface area contributed by atoms with E-state index >= 15 is 0 Å². The van der Waals surface area contributed by atoms with Crippen molar-refractivity contribution in [3.05, 3.63) is 29.6 Å². The van der Waals surface area contributed by atoms with Crippen LogP contribution in [0.1, 0.15) is 5.56 Å².